The monoisotopic (exact) mass is 325 g/mol. The summed E-state index contributed by atoms with van der Waals surface area (Å²) in [6.45, 7) is 3.78. The van der Waals surface area contributed by atoms with E-state index < -0.39 is 0 Å². The molecule has 6 nitrogen and oxygen atoms in total. The van der Waals surface area contributed by atoms with E-state index in [4.69, 9.17) is 4.74 Å². The third-order valence-corrected chi connectivity index (χ3v) is 2.83. The molecule has 2 heterocycles. The second-order valence-corrected chi connectivity index (χ2v) is 5.01. The van der Waals surface area contributed by atoms with E-state index >= 15 is 0 Å². The van der Waals surface area contributed by atoms with Crippen molar-refractivity contribution in [3.63, 3.8) is 0 Å². The summed E-state index contributed by atoms with van der Waals surface area (Å²) in [6.07, 6.45) is 4.37. The number of nitrogens with one attached hydrogen (secondary N) is 1. The van der Waals surface area contributed by atoms with E-state index in [1.807, 2.05) is 6.07 Å². The van der Waals surface area contributed by atoms with Crippen molar-refractivity contribution in [1.29, 1.82) is 0 Å². The minimum Gasteiger partial charge on any atom is -0.404 e. The van der Waals surface area contributed by atoms with Crippen molar-refractivity contribution in [2.75, 3.05) is 6.54 Å². The number of rotatable bonds is 6. The highest BCUT2D eigenvalue weighted by Crippen LogP contribution is 2.23. The summed E-state index contributed by atoms with van der Waals surface area (Å²) in [4.78, 5) is 8.29. The Balaban J connectivity index is 2.14. The van der Waals surface area contributed by atoms with Gasteiger partial charge in [-0.2, -0.15) is 4.98 Å². The quantitative estimate of drug-likeness (QED) is 0.825. The molecule has 0 fully saturated rings. The fraction of sp³-hybridized carbons (Fsp3) is 0.417. The molecule has 0 atom stereocenters. The highest BCUT2D eigenvalue weighted by molar-refractivity contribution is 9.10. The van der Waals surface area contributed by atoms with Gasteiger partial charge in [0.1, 0.15) is 6.33 Å². The molecule has 0 aliphatic carbocycles. The van der Waals surface area contributed by atoms with Crippen LogP contribution in [0.3, 0.4) is 0 Å². The summed E-state index contributed by atoms with van der Waals surface area (Å²) in [5.41, 5.74) is 0.968. The van der Waals surface area contributed by atoms with Crippen LogP contribution in [0, 0.1) is 0 Å². The van der Waals surface area contributed by atoms with Crippen molar-refractivity contribution < 1.29 is 4.74 Å². The molecule has 19 heavy (non-hydrogen) atoms. The van der Waals surface area contributed by atoms with Crippen molar-refractivity contribution in [2.45, 2.75) is 19.9 Å². The van der Waals surface area contributed by atoms with Crippen LogP contribution in [0.1, 0.15) is 18.9 Å². The van der Waals surface area contributed by atoms with Gasteiger partial charge >= 0.3 is 6.01 Å². The van der Waals surface area contributed by atoms with E-state index in [0.29, 0.717) is 18.4 Å². The second kappa shape index (κ2) is 6.63. The maximum absolute atomic E-state index is 5.60. The SMILES string of the molecule is CCCNCc1cc(Br)cnc1Oc1ncn(C)n1. The molecular formula is C12H16BrN5O. The molecular weight excluding hydrogens is 310 g/mol. The number of pyridine rings is 1. The number of halogens is 1. The molecule has 0 amide bonds. The van der Waals surface area contributed by atoms with Crippen LogP contribution in [0.25, 0.3) is 0 Å². The van der Waals surface area contributed by atoms with Gasteiger partial charge in [0.05, 0.1) is 0 Å². The zero-order valence-electron chi connectivity index (χ0n) is 10.9. The second-order valence-electron chi connectivity index (χ2n) is 4.10. The number of hydrogen-bond donors (Lipinski definition) is 1. The predicted octanol–water partition coefficient (Wildman–Crippen LogP) is 2.26. The molecule has 0 spiro atoms. The Hall–Kier alpha value is -1.47. The molecule has 0 aliphatic rings. The van der Waals surface area contributed by atoms with Gasteiger partial charge in [0.25, 0.3) is 0 Å². The summed E-state index contributed by atoms with van der Waals surface area (Å²) >= 11 is 3.41. The van der Waals surface area contributed by atoms with Crippen LogP contribution in [-0.4, -0.2) is 26.3 Å². The number of aryl methyl sites for hydroxylation is 1. The molecule has 0 aliphatic heterocycles. The van der Waals surface area contributed by atoms with E-state index in [2.05, 4.69) is 43.2 Å². The first-order valence-electron chi connectivity index (χ1n) is 6.07. The fourth-order valence-corrected chi connectivity index (χ4v) is 1.92. The lowest BCUT2D eigenvalue weighted by Gasteiger charge is -2.09. The van der Waals surface area contributed by atoms with Gasteiger partial charge in [-0.15, -0.1) is 5.10 Å². The van der Waals surface area contributed by atoms with Gasteiger partial charge in [0, 0.05) is 29.8 Å². The summed E-state index contributed by atoms with van der Waals surface area (Å²) in [5, 5.41) is 7.40. The van der Waals surface area contributed by atoms with Crippen molar-refractivity contribution in [2.24, 2.45) is 7.05 Å². The Morgan fingerprint density at radius 1 is 1.42 bits per heavy atom. The minimum atomic E-state index is 0.300. The van der Waals surface area contributed by atoms with Crippen LogP contribution < -0.4 is 10.1 Å². The van der Waals surface area contributed by atoms with Gasteiger partial charge in [-0.25, -0.2) is 4.98 Å². The molecule has 0 aromatic carbocycles. The largest absolute Gasteiger partial charge is 0.404 e. The van der Waals surface area contributed by atoms with Gasteiger partial charge in [-0.1, -0.05) is 6.92 Å². The average Bonchev–Trinajstić information content (AvgIpc) is 2.78. The Morgan fingerprint density at radius 3 is 2.95 bits per heavy atom. The first-order valence-corrected chi connectivity index (χ1v) is 6.87. The first-order chi connectivity index (χ1) is 9.19. The zero-order chi connectivity index (χ0) is 13.7. The molecule has 0 unspecified atom stereocenters. The van der Waals surface area contributed by atoms with Gasteiger partial charge < -0.3 is 10.1 Å². The Morgan fingerprint density at radius 2 is 2.26 bits per heavy atom. The number of ether oxygens (including phenoxy) is 1. The highest BCUT2D eigenvalue weighted by Gasteiger charge is 2.10. The molecule has 2 aromatic rings. The first kappa shape index (κ1) is 14.0. The normalized spacial score (nSPS) is 10.7. The molecule has 0 radical (unpaired) electrons. The fourth-order valence-electron chi connectivity index (χ4n) is 1.54. The third kappa shape index (κ3) is 4.00. The van der Waals surface area contributed by atoms with Crippen LogP contribution in [-0.2, 0) is 13.6 Å². The minimum absolute atomic E-state index is 0.300. The Kier molecular flexibility index (Phi) is 4.86. The molecule has 2 rings (SSSR count). The van der Waals surface area contributed by atoms with E-state index in [0.717, 1.165) is 23.0 Å². The zero-order valence-corrected chi connectivity index (χ0v) is 12.5. The molecule has 0 saturated heterocycles. The topological polar surface area (TPSA) is 64.9 Å². The Labute approximate surface area is 120 Å². The van der Waals surface area contributed by atoms with E-state index in [9.17, 15) is 0 Å². The summed E-state index contributed by atoms with van der Waals surface area (Å²) in [6, 6.07) is 2.28. The van der Waals surface area contributed by atoms with Crippen LogP contribution in [0.15, 0.2) is 23.1 Å². The molecule has 0 bridgehead atoms. The standard InChI is InChI=1S/C12H16BrN5O/c1-3-4-14-6-9-5-10(13)7-15-11(9)19-12-16-8-18(2)17-12/h5,7-8,14H,3-4,6H2,1-2H3. The summed E-state index contributed by atoms with van der Waals surface area (Å²) < 4.78 is 8.11. The number of aromatic nitrogens is 4. The van der Waals surface area contributed by atoms with Crippen LogP contribution in [0.5, 0.6) is 11.9 Å². The van der Waals surface area contributed by atoms with Crippen LogP contribution in [0.4, 0.5) is 0 Å². The van der Waals surface area contributed by atoms with Crippen molar-refractivity contribution in [3.8, 4) is 11.9 Å². The van der Waals surface area contributed by atoms with Crippen molar-refractivity contribution in [1.82, 2.24) is 25.1 Å². The predicted molar refractivity (Wildman–Crippen MR) is 75.0 cm³/mol. The van der Waals surface area contributed by atoms with Gasteiger partial charge in [0.2, 0.25) is 5.88 Å². The molecule has 1 N–H and O–H groups in total. The number of nitrogens with zero attached hydrogens (tertiary/aromatic N) is 4. The van der Waals surface area contributed by atoms with Crippen molar-refractivity contribution in [3.05, 3.63) is 28.6 Å². The Bertz CT molecular complexity index is 543. The lowest BCUT2D eigenvalue weighted by atomic mass is 10.2. The van der Waals surface area contributed by atoms with Gasteiger partial charge in [0.15, 0.2) is 0 Å². The summed E-state index contributed by atoms with van der Waals surface area (Å²) in [7, 11) is 1.79. The maximum atomic E-state index is 5.60. The smallest absolute Gasteiger partial charge is 0.342 e. The lowest BCUT2D eigenvalue weighted by Crippen LogP contribution is -2.14. The van der Waals surface area contributed by atoms with E-state index in [-0.39, 0.29) is 0 Å². The lowest BCUT2D eigenvalue weighted by molar-refractivity contribution is 0.415. The molecule has 0 saturated carbocycles. The summed E-state index contributed by atoms with van der Waals surface area (Å²) in [5.74, 6) is 0.526. The molecule has 7 heteroatoms. The number of hydrogen-bond acceptors (Lipinski definition) is 5. The molecule has 102 valence electrons. The van der Waals surface area contributed by atoms with Crippen LogP contribution >= 0.6 is 15.9 Å². The van der Waals surface area contributed by atoms with E-state index in [1.165, 1.54) is 0 Å². The van der Waals surface area contributed by atoms with Gasteiger partial charge in [-0.05, 0) is 35.0 Å². The average molecular weight is 326 g/mol. The molecule has 2 aromatic heterocycles. The van der Waals surface area contributed by atoms with Gasteiger partial charge in [-0.3, -0.25) is 4.68 Å². The van der Waals surface area contributed by atoms with Crippen molar-refractivity contribution >= 4 is 15.9 Å². The van der Waals surface area contributed by atoms with E-state index in [1.54, 1.807) is 24.3 Å². The van der Waals surface area contributed by atoms with Crippen LogP contribution in [0.2, 0.25) is 0 Å². The maximum Gasteiger partial charge on any atom is 0.342 e. The third-order valence-electron chi connectivity index (χ3n) is 2.40. The highest BCUT2D eigenvalue weighted by atomic mass is 79.9.